The summed E-state index contributed by atoms with van der Waals surface area (Å²) in [4.78, 5) is 58.6. The number of rotatable bonds is 15. The summed E-state index contributed by atoms with van der Waals surface area (Å²) in [5.74, 6) is -2.79. The summed E-state index contributed by atoms with van der Waals surface area (Å²) in [7, 11) is 2.74. The normalized spacial score (nSPS) is 23.9. The second kappa shape index (κ2) is 16.9. The van der Waals surface area contributed by atoms with Crippen molar-refractivity contribution in [2.45, 2.75) is 96.5 Å². The summed E-state index contributed by atoms with van der Waals surface area (Å²) in [6.07, 6.45) is -2.42. The molecule has 0 bridgehead atoms. The van der Waals surface area contributed by atoms with E-state index in [1.54, 1.807) is 6.92 Å². The maximum atomic E-state index is 13.0. The molecule has 0 aliphatic carbocycles. The van der Waals surface area contributed by atoms with Crippen molar-refractivity contribution in [1.82, 2.24) is 5.32 Å². The lowest BCUT2D eigenvalue weighted by Gasteiger charge is -2.44. The van der Waals surface area contributed by atoms with Crippen molar-refractivity contribution in [2.24, 2.45) is 0 Å². The number of unbranched alkanes of at least 4 members (excludes halogenated alkanes) is 2. The minimum atomic E-state index is -1.25. The van der Waals surface area contributed by atoms with Gasteiger partial charge in [0.05, 0.1) is 25.9 Å². The molecular weight excluding hydrogens is 494 g/mol. The Hall–Kier alpha value is -2.77. The van der Waals surface area contributed by atoms with Crippen LogP contribution >= 0.6 is 0 Å². The number of methoxy groups -OCH3 is 2. The predicted octanol–water partition coefficient (Wildman–Crippen LogP) is 0.798. The minimum Gasteiger partial charge on any atom is -0.469 e. The van der Waals surface area contributed by atoms with E-state index in [0.717, 1.165) is 13.3 Å². The largest absolute Gasteiger partial charge is 0.469 e. The van der Waals surface area contributed by atoms with Crippen molar-refractivity contribution in [2.75, 3.05) is 27.4 Å². The van der Waals surface area contributed by atoms with Gasteiger partial charge in [0.2, 0.25) is 0 Å². The van der Waals surface area contributed by atoms with Crippen LogP contribution in [0.25, 0.3) is 0 Å². The Labute approximate surface area is 216 Å². The van der Waals surface area contributed by atoms with Crippen LogP contribution < -0.4 is 5.32 Å². The lowest BCUT2D eigenvalue weighted by Crippen LogP contribution is -2.65. The molecule has 0 radical (unpaired) electrons. The molecule has 13 nitrogen and oxygen atoms in total. The number of carbonyl (C=O) groups is 5. The molecule has 212 valence electrons. The van der Waals surface area contributed by atoms with Crippen LogP contribution in [0.5, 0.6) is 0 Å². The molecule has 0 aromatic carbocycles. The third-order valence-corrected chi connectivity index (χ3v) is 5.50. The molecule has 1 aliphatic heterocycles. The van der Waals surface area contributed by atoms with E-state index in [1.165, 1.54) is 28.1 Å². The smallest absolute Gasteiger partial charge is 0.305 e. The van der Waals surface area contributed by atoms with Crippen LogP contribution in [0.3, 0.4) is 0 Å². The lowest BCUT2D eigenvalue weighted by molar-refractivity contribution is -0.280. The second-order valence-electron chi connectivity index (χ2n) is 8.50. The molecule has 6 atom stereocenters. The molecule has 13 heteroatoms. The van der Waals surface area contributed by atoms with Crippen LogP contribution in [0, 0.1) is 0 Å². The van der Waals surface area contributed by atoms with Gasteiger partial charge in [0, 0.05) is 47.3 Å². The van der Waals surface area contributed by atoms with Crippen molar-refractivity contribution in [1.29, 1.82) is 0 Å². The van der Waals surface area contributed by atoms with Crippen molar-refractivity contribution in [3.8, 4) is 0 Å². The molecule has 1 N–H and O–H groups in total. The van der Waals surface area contributed by atoms with Crippen LogP contribution in [0.1, 0.15) is 59.8 Å². The highest BCUT2D eigenvalue weighted by molar-refractivity contribution is 5.83. The van der Waals surface area contributed by atoms with Crippen molar-refractivity contribution >= 4 is 29.8 Å². The first-order valence-electron chi connectivity index (χ1n) is 12.1. The Morgan fingerprint density at radius 2 is 1.59 bits per heavy atom. The third-order valence-electron chi connectivity index (χ3n) is 5.50. The number of carbonyl (C=O) groups excluding carboxylic acids is 5. The average Bonchev–Trinajstić information content (AvgIpc) is 2.81. The molecule has 1 amide bonds. The molecule has 0 unspecified atom stereocenters. The number of nitrogens with one attached hydrogen (secondary N) is 1. The summed E-state index contributed by atoms with van der Waals surface area (Å²) < 4.78 is 37.4. The summed E-state index contributed by atoms with van der Waals surface area (Å²) >= 11 is 0. The molecular formula is C24H39NO12. The maximum absolute atomic E-state index is 13.0. The van der Waals surface area contributed by atoms with Crippen LogP contribution in [0.15, 0.2) is 0 Å². The molecule has 1 aliphatic rings. The quantitative estimate of drug-likeness (QED) is 0.179. The molecule has 1 heterocycles. The van der Waals surface area contributed by atoms with Gasteiger partial charge in [-0.2, -0.15) is 0 Å². The summed E-state index contributed by atoms with van der Waals surface area (Å²) in [6.45, 7) is 5.42. The van der Waals surface area contributed by atoms with Gasteiger partial charge in [-0.1, -0.05) is 6.42 Å². The van der Waals surface area contributed by atoms with Gasteiger partial charge in [-0.25, -0.2) is 0 Å². The number of ether oxygens (including phenoxy) is 7. The average molecular weight is 534 g/mol. The van der Waals surface area contributed by atoms with Gasteiger partial charge in [-0.3, -0.25) is 24.0 Å². The van der Waals surface area contributed by atoms with E-state index < -0.39 is 60.6 Å². The van der Waals surface area contributed by atoms with Crippen molar-refractivity contribution in [3.05, 3.63) is 0 Å². The van der Waals surface area contributed by atoms with Gasteiger partial charge in [0.1, 0.15) is 6.10 Å². The van der Waals surface area contributed by atoms with E-state index in [2.05, 4.69) is 10.1 Å². The molecule has 37 heavy (non-hydrogen) atoms. The summed E-state index contributed by atoms with van der Waals surface area (Å²) in [6, 6.07) is -0.868. The van der Waals surface area contributed by atoms with Crippen molar-refractivity contribution < 1.29 is 57.1 Å². The van der Waals surface area contributed by atoms with E-state index in [0.29, 0.717) is 25.9 Å². The Morgan fingerprint density at radius 3 is 2.16 bits per heavy atom. The van der Waals surface area contributed by atoms with Gasteiger partial charge in [-0.15, -0.1) is 0 Å². The van der Waals surface area contributed by atoms with Crippen LogP contribution in [0.2, 0.25) is 0 Å². The van der Waals surface area contributed by atoms with E-state index >= 15 is 0 Å². The Morgan fingerprint density at radius 1 is 0.892 bits per heavy atom. The highest BCUT2D eigenvalue weighted by atomic mass is 16.7. The van der Waals surface area contributed by atoms with E-state index in [-0.39, 0.29) is 19.0 Å². The van der Waals surface area contributed by atoms with Gasteiger partial charge in [0.15, 0.2) is 18.5 Å². The van der Waals surface area contributed by atoms with E-state index in [1.807, 2.05) is 0 Å². The Bertz CT molecular complexity index is 773. The Balaban J connectivity index is 2.87. The monoisotopic (exact) mass is 533 g/mol. The highest BCUT2D eigenvalue weighted by Gasteiger charge is 2.48. The molecule has 0 aromatic heterocycles. The summed E-state index contributed by atoms with van der Waals surface area (Å²) in [5.41, 5.74) is 0. The van der Waals surface area contributed by atoms with Crippen LogP contribution in [-0.4, -0.2) is 94.0 Å². The predicted molar refractivity (Wildman–Crippen MR) is 126 cm³/mol. The van der Waals surface area contributed by atoms with Gasteiger partial charge >= 0.3 is 23.9 Å². The fraction of sp³-hybridized carbons (Fsp3) is 0.792. The number of hydrogen-bond acceptors (Lipinski definition) is 12. The fourth-order valence-electron chi connectivity index (χ4n) is 3.77. The van der Waals surface area contributed by atoms with Crippen LogP contribution in [0.4, 0.5) is 0 Å². The molecule has 1 rings (SSSR count). The van der Waals surface area contributed by atoms with Crippen molar-refractivity contribution in [3.63, 3.8) is 0 Å². The Kier molecular flexibility index (Phi) is 14.7. The number of amides is 1. The van der Waals surface area contributed by atoms with E-state index in [9.17, 15) is 24.0 Å². The van der Waals surface area contributed by atoms with Gasteiger partial charge in [-0.05, 0) is 19.8 Å². The summed E-state index contributed by atoms with van der Waals surface area (Å²) in [5, 5.41) is 2.71. The zero-order valence-electron chi connectivity index (χ0n) is 22.3. The number of esters is 4. The molecule has 0 spiro atoms. The highest BCUT2D eigenvalue weighted by Crippen LogP contribution is 2.27. The first-order valence-corrected chi connectivity index (χ1v) is 12.1. The first kappa shape index (κ1) is 32.3. The molecule has 0 aromatic rings. The fourth-order valence-corrected chi connectivity index (χ4v) is 3.77. The van der Waals surface area contributed by atoms with Gasteiger partial charge < -0.3 is 38.5 Å². The number of hydrogen-bond donors (Lipinski definition) is 1. The zero-order valence-corrected chi connectivity index (χ0v) is 22.3. The lowest BCUT2D eigenvalue weighted by atomic mass is 9.96. The third kappa shape index (κ3) is 11.9. The topological polar surface area (TPSA) is 162 Å². The second-order valence-corrected chi connectivity index (χ2v) is 8.50. The zero-order chi connectivity index (χ0) is 28.0. The first-order chi connectivity index (χ1) is 17.5. The molecule has 1 fully saturated rings. The van der Waals surface area contributed by atoms with Gasteiger partial charge in [0.25, 0.3) is 5.91 Å². The SMILES string of the molecule is COC(=O)CCCCCO[C@H]1O[C@H](C)[C@@H](NC(=O)[C@H](CCOC(C)=O)OC(C)=O)[C@H](OC(C)=O)[C@@H]1OC. The minimum absolute atomic E-state index is 0.0688. The standard InChI is InChI=1S/C24H39NO12/c1-14-20(25-23(30)18(36-16(3)27)11-13-33-15(2)26)21(37-17(4)28)22(32-6)24(35-14)34-12-9-7-8-10-19(29)31-5/h14,18,20-22,24H,7-13H2,1-6H3,(H,25,30)/t14-,18+,20-,21+,22+,24+/m1/s1. The van der Waals surface area contributed by atoms with Crippen LogP contribution in [-0.2, 0) is 57.1 Å². The molecule has 1 saturated heterocycles. The van der Waals surface area contributed by atoms with E-state index in [4.69, 9.17) is 28.4 Å². The molecule has 0 saturated carbocycles. The maximum Gasteiger partial charge on any atom is 0.305 e.